The van der Waals surface area contributed by atoms with Crippen LogP contribution in [0.3, 0.4) is 0 Å². The number of nitrogens with one attached hydrogen (secondary N) is 1. The van der Waals surface area contributed by atoms with Gasteiger partial charge in [0.25, 0.3) is 5.91 Å². The molecule has 148 valence electrons. The second-order valence-electron chi connectivity index (χ2n) is 6.56. The Hall–Kier alpha value is -3.60. The van der Waals surface area contributed by atoms with Crippen LogP contribution in [0.4, 0.5) is 5.69 Å². The molecule has 0 saturated heterocycles. The van der Waals surface area contributed by atoms with Crippen LogP contribution in [-0.4, -0.2) is 25.6 Å². The van der Waals surface area contributed by atoms with Crippen molar-refractivity contribution in [2.75, 3.05) is 19.0 Å². The van der Waals surface area contributed by atoms with E-state index in [9.17, 15) is 9.59 Å². The summed E-state index contributed by atoms with van der Waals surface area (Å²) in [6, 6.07) is 24.8. The highest BCUT2D eigenvalue weighted by Crippen LogP contribution is 2.19. The average Bonchev–Trinajstić information content (AvgIpc) is 2.74. The summed E-state index contributed by atoms with van der Waals surface area (Å²) < 4.78 is 10.3. The summed E-state index contributed by atoms with van der Waals surface area (Å²) in [5.41, 5.74) is 3.63. The van der Waals surface area contributed by atoms with Gasteiger partial charge in [-0.15, -0.1) is 0 Å². The first-order valence-electron chi connectivity index (χ1n) is 9.34. The molecule has 29 heavy (non-hydrogen) atoms. The standard InChI is InChI=1S/C24H23NO4/c1-28-21-12-7-10-19(15-21)16-24(27)29-17-23(26)25-22-13-6-5-11-20(22)14-18-8-3-2-4-9-18/h2-13,15H,14,16-17H2,1H3,(H,25,26). The van der Waals surface area contributed by atoms with Crippen molar-refractivity contribution in [2.24, 2.45) is 0 Å². The lowest BCUT2D eigenvalue weighted by molar-refractivity contribution is -0.146. The van der Waals surface area contributed by atoms with Crippen molar-refractivity contribution in [1.82, 2.24) is 0 Å². The maximum Gasteiger partial charge on any atom is 0.310 e. The molecule has 0 aromatic heterocycles. The molecule has 0 saturated carbocycles. The van der Waals surface area contributed by atoms with Gasteiger partial charge in [-0.05, 0) is 41.3 Å². The van der Waals surface area contributed by atoms with E-state index in [0.717, 1.165) is 16.7 Å². The zero-order valence-corrected chi connectivity index (χ0v) is 16.3. The molecule has 0 aliphatic carbocycles. The summed E-state index contributed by atoms with van der Waals surface area (Å²) in [5.74, 6) is -0.168. The summed E-state index contributed by atoms with van der Waals surface area (Å²) in [7, 11) is 1.57. The fourth-order valence-corrected chi connectivity index (χ4v) is 2.94. The van der Waals surface area contributed by atoms with Gasteiger partial charge in [0.05, 0.1) is 13.5 Å². The minimum Gasteiger partial charge on any atom is -0.497 e. The van der Waals surface area contributed by atoms with Crippen LogP contribution in [-0.2, 0) is 27.2 Å². The average molecular weight is 389 g/mol. The van der Waals surface area contributed by atoms with Gasteiger partial charge in [0.15, 0.2) is 6.61 Å². The molecule has 0 aliphatic heterocycles. The van der Waals surface area contributed by atoms with Crippen molar-refractivity contribution in [3.05, 3.63) is 95.6 Å². The largest absolute Gasteiger partial charge is 0.497 e. The Bertz CT molecular complexity index is 969. The molecule has 0 spiro atoms. The third-order valence-corrected chi connectivity index (χ3v) is 4.38. The lowest BCUT2D eigenvalue weighted by Crippen LogP contribution is -2.22. The van der Waals surface area contributed by atoms with Crippen molar-refractivity contribution >= 4 is 17.6 Å². The molecule has 5 heteroatoms. The SMILES string of the molecule is COc1cccc(CC(=O)OCC(=O)Nc2ccccc2Cc2ccccc2)c1. The van der Waals surface area contributed by atoms with Crippen molar-refractivity contribution in [3.8, 4) is 5.75 Å². The van der Waals surface area contributed by atoms with Crippen LogP contribution in [0, 0.1) is 0 Å². The molecule has 0 atom stereocenters. The van der Waals surface area contributed by atoms with Crippen LogP contribution >= 0.6 is 0 Å². The molecule has 0 aliphatic rings. The minimum atomic E-state index is -0.467. The van der Waals surface area contributed by atoms with E-state index in [-0.39, 0.29) is 18.9 Å². The third-order valence-electron chi connectivity index (χ3n) is 4.38. The predicted molar refractivity (Wildman–Crippen MR) is 112 cm³/mol. The Morgan fingerprint density at radius 3 is 2.38 bits per heavy atom. The van der Waals surface area contributed by atoms with Gasteiger partial charge in [0.2, 0.25) is 0 Å². The van der Waals surface area contributed by atoms with E-state index in [1.54, 1.807) is 25.3 Å². The number of anilines is 1. The van der Waals surface area contributed by atoms with Crippen LogP contribution in [0.1, 0.15) is 16.7 Å². The Morgan fingerprint density at radius 1 is 0.862 bits per heavy atom. The molecule has 3 aromatic carbocycles. The Kier molecular flexibility index (Phi) is 7.00. The number of ether oxygens (including phenoxy) is 2. The number of carbonyl (C=O) groups is 2. The minimum absolute atomic E-state index is 0.0784. The topological polar surface area (TPSA) is 64.6 Å². The molecular weight excluding hydrogens is 366 g/mol. The Morgan fingerprint density at radius 2 is 1.59 bits per heavy atom. The van der Waals surface area contributed by atoms with Gasteiger partial charge in [-0.2, -0.15) is 0 Å². The fraction of sp³-hybridized carbons (Fsp3) is 0.167. The lowest BCUT2D eigenvalue weighted by Gasteiger charge is -2.12. The van der Waals surface area contributed by atoms with Gasteiger partial charge in [-0.3, -0.25) is 9.59 Å². The van der Waals surface area contributed by atoms with Gasteiger partial charge < -0.3 is 14.8 Å². The van der Waals surface area contributed by atoms with E-state index < -0.39 is 5.97 Å². The molecule has 0 radical (unpaired) electrons. The molecule has 1 N–H and O–H groups in total. The number of carbonyl (C=O) groups excluding carboxylic acids is 2. The number of methoxy groups -OCH3 is 1. The first-order chi connectivity index (χ1) is 14.1. The highest BCUT2D eigenvalue weighted by Gasteiger charge is 2.11. The first kappa shape index (κ1) is 20.1. The highest BCUT2D eigenvalue weighted by molar-refractivity contribution is 5.93. The lowest BCUT2D eigenvalue weighted by atomic mass is 10.0. The number of esters is 1. The molecular formula is C24H23NO4. The van der Waals surface area contributed by atoms with Crippen molar-refractivity contribution in [3.63, 3.8) is 0 Å². The second kappa shape index (κ2) is 10.1. The van der Waals surface area contributed by atoms with Gasteiger partial charge in [0, 0.05) is 5.69 Å². The molecule has 0 bridgehead atoms. The molecule has 0 unspecified atom stereocenters. The van der Waals surface area contributed by atoms with E-state index in [4.69, 9.17) is 9.47 Å². The normalized spacial score (nSPS) is 10.2. The van der Waals surface area contributed by atoms with Gasteiger partial charge in [-0.25, -0.2) is 0 Å². The number of para-hydroxylation sites is 1. The van der Waals surface area contributed by atoms with Gasteiger partial charge >= 0.3 is 5.97 Å². The quantitative estimate of drug-likeness (QED) is 0.591. The summed E-state index contributed by atoms with van der Waals surface area (Å²) in [5, 5.41) is 2.83. The number of hydrogen-bond donors (Lipinski definition) is 1. The predicted octanol–water partition coefficient (Wildman–Crippen LogP) is 4.01. The number of benzene rings is 3. The summed E-state index contributed by atoms with van der Waals surface area (Å²) in [6.45, 7) is -0.331. The monoisotopic (exact) mass is 389 g/mol. The zero-order chi connectivity index (χ0) is 20.5. The summed E-state index contributed by atoms with van der Waals surface area (Å²) >= 11 is 0. The van der Waals surface area contributed by atoms with E-state index in [1.165, 1.54) is 0 Å². The smallest absolute Gasteiger partial charge is 0.310 e. The number of hydrogen-bond acceptors (Lipinski definition) is 4. The highest BCUT2D eigenvalue weighted by atomic mass is 16.5. The molecule has 3 rings (SSSR count). The van der Waals surface area contributed by atoms with E-state index >= 15 is 0 Å². The second-order valence-corrected chi connectivity index (χ2v) is 6.56. The zero-order valence-electron chi connectivity index (χ0n) is 16.3. The van der Waals surface area contributed by atoms with E-state index in [2.05, 4.69) is 5.32 Å². The van der Waals surface area contributed by atoms with Gasteiger partial charge in [-0.1, -0.05) is 60.7 Å². The molecule has 0 fully saturated rings. The molecule has 1 amide bonds. The molecule has 3 aromatic rings. The van der Waals surface area contributed by atoms with Crippen LogP contribution in [0.5, 0.6) is 5.75 Å². The Balaban J connectivity index is 1.53. The van der Waals surface area contributed by atoms with Crippen LogP contribution in [0.15, 0.2) is 78.9 Å². The third kappa shape index (κ3) is 6.21. The number of amides is 1. The fourth-order valence-electron chi connectivity index (χ4n) is 2.94. The van der Waals surface area contributed by atoms with Crippen LogP contribution < -0.4 is 10.1 Å². The number of rotatable bonds is 8. The Labute approximate surface area is 170 Å². The van der Waals surface area contributed by atoms with E-state index in [1.807, 2.05) is 60.7 Å². The summed E-state index contributed by atoms with van der Waals surface area (Å²) in [4.78, 5) is 24.3. The van der Waals surface area contributed by atoms with Crippen molar-refractivity contribution in [1.29, 1.82) is 0 Å². The maximum atomic E-state index is 12.3. The maximum absolute atomic E-state index is 12.3. The van der Waals surface area contributed by atoms with Crippen LogP contribution in [0.25, 0.3) is 0 Å². The summed E-state index contributed by atoms with van der Waals surface area (Å²) in [6.07, 6.45) is 0.780. The first-order valence-corrected chi connectivity index (χ1v) is 9.34. The van der Waals surface area contributed by atoms with Crippen molar-refractivity contribution in [2.45, 2.75) is 12.8 Å². The molecule has 5 nitrogen and oxygen atoms in total. The van der Waals surface area contributed by atoms with Gasteiger partial charge in [0.1, 0.15) is 5.75 Å². The molecule has 0 heterocycles. The van der Waals surface area contributed by atoms with E-state index in [0.29, 0.717) is 17.9 Å². The van der Waals surface area contributed by atoms with Crippen LogP contribution in [0.2, 0.25) is 0 Å². The van der Waals surface area contributed by atoms with Crippen molar-refractivity contribution < 1.29 is 19.1 Å².